The summed E-state index contributed by atoms with van der Waals surface area (Å²) >= 11 is 0. The first-order chi connectivity index (χ1) is 7.09. The van der Waals surface area contributed by atoms with Crippen LogP contribution in [0.3, 0.4) is 0 Å². The van der Waals surface area contributed by atoms with E-state index in [4.69, 9.17) is 9.84 Å². The third-order valence-electron chi connectivity index (χ3n) is 1.87. The number of esters is 1. The van der Waals surface area contributed by atoms with Gasteiger partial charge in [0.15, 0.2) is 0 Å². The lowest BCUT2D eigenvalue weighted by molar-refractivity contribution is 0.0482. The van der Waals surface area contributed by atoms with Crippen molar-refractivity contribution in [1.29, 1.82) is 0 Å². The van der Waals surface area contributed by atoms with Gasteiger partial charge in [0.1, 0.15) is 12.4 Å². The molecule has 0 aliphatic rings. The Balaban J connectivity index is 2.43. The SMILES string of the molecule is CN(C)CCOC(=O)c1ccc(O)cc1. The lowest BCUT2D eigenvalue weighted by atomic mass is 10.2. The van der Waals surface area contributed by atoms with E-state index in [1.165, 1.54) is 24.3 Å². The molecular formula is C11H15NO3. The normalized spacial score (nSPS) is 10.3. The lowest BCUT2D eigenvalue weighted by Gasteiger charge is -2.09. The molecular weight excluding hydrogens is 194 g/mol. The predicted octanol–water partition coefficient (Wildman–Crippen LogP) is 1.11. The van der Waals surface area contributed by atoms with Crippen molar-refractivity contribution < 1.29 is 14.6 Å². The van der Waals surface area contributed by atoms with Gasteiger partial charge in [-0.05, 0) is 38.4 Å². The highest BCUT2D eigenvalue weighted by molar-refractivity contribution is 5.89. The van der Waals surface area contributed by atoms with Crippen LogP contribution in [-0.2, 0) is 4.74 Å². The zero-order valence-electron chi connectivity index (χ0n) is 8.93. The van der Waals surface area contributed by atoms with E-state index < -0.39 is 0 Å². The molecule has 0 saturated heterocycles. The molecule has 0 aromatic heterocycles. The molecule has 0 aliphatic heterocycles. The standard InChI is InChI=1S/C11H15NO3/c1-12(2)7-8-15-11(14)9-3-5-10(13)6-4-9/h3-6,13H,7-8H2,1-2H3. The maximum atomic E-state index is 11.4. The van der Waals surface area contributed by atoms with Crippen molar-refractivity contribution in [3.63, 3.8) is 0 Å². The van der Waals surface area contributed by atoms with E-state index in [-0.39, 0.29) is 11.7 Å². The molecule has 0 aliphatic carbocycles. The Morgan fingerprint density at radius 2 is 1.93 bits per heavy atom. The number of hydrogen-bond donors (Lipinski definition) is 1. The third kappa shape index (κ3) is 3.99. The van der Waals surface area contributed by atoms with Crippen molar-refractivity contribution in [2.24, 2.45) is 0 Å². The Hall–Kier alpha value is -1.55. The first-order valence-electron chi connectivity index (χ1n) is 4.70. The molecule has 0 unspecified atom stereocenters. The molecule has 0 radical (unpaired) electrons. The van der Waals surface area contributed by atoms with Gasteiger partial charge in [-0.3, -0.25) is 0 Å². The summed E-state index contributed by atoms with van der Waals surface area (Å²) in [7, 11) is 3.82. The fourth-order valence-electron chi connectivity index (χ4n) is 1.00. The molecule has 0 fully saturated rings. The summed E-state index contributed by atoms with van der Waals surface area (Å²) in [6, 6.07) is 5.99. The number of benzene rings is 1. The number of ether oxygens (including phenoxy) is 1. The number of rotatable bonds is 4. The first-order valence-corrected chi connectivity index (χ1v) is 4.70. The number of hydrogen-bond acceptors (Lipinski definition) is 4. The van der Waals surface area contributed by atoms with Gasteiger partial charge in [-0.1, -0.05) is 0 Å². The number of carbonyl (C=O) groups is 1. The van der Waals surface area contributed by atoms with Gasteiger partial charge in [0.2, 0.25) is 0 Å². The minimum atomic E-state index is -0.364. The maximum Gasteiger partial charge on any atom is 0.338 e. The molecule has 1 N–H and O–H groups in total. The summed E-state index contributed by atoms with van der Waals surface area (Å²) in [5.74, 6) is -0.225. The van der Waals surface area contributed by atoms with Crippen LogP contribution in [0.4, 0.5) is 0 Å². The molecule has 1 rings (SSSR count). The summed E-state index contributed by atoms with van der Waals surface area (Å²) in [5.41, 5.74) is 0.451. The van der Waals surface area contributed by atoms with Gasteiger partial charge in [0, 0.05) is 6.54 Å². The van der Waals surface area contributed by atoms with Crippen LogP contribution in [-0.4, -0.2) is 43.2 Å². The van der Waals surface area contributed by atoms with Gasteiger partial charge in [-0.25, -0.2) is 4.79 Å². The average Bonchev–Trinajstić information content (AvgIpc) is 2.18. The van der Waals surface area contributed by atoms with Gasteiger partial charge in [0.25, 0.3) is 0 Å². The van der Waals surface area contributed by atoms with Gasteiger partial charge in [-0.15, -0.1) is 0 Å². The lowest BCUT2D eigenvalue weighted by Crippen LogP contribution is -2.20. The molecule has 82 valence electrons. The van der Waals surface area contributed by atoms with Gasteiger partial charge >= 0.3 is 5.97 Å². The topological polar surface area (TPSA) is 49.8 Å². The number of phenolic OH excluding ortho intramolecular Hbond substituents is 1. The minimum absolute atomic E-state index is 0.139. The predicted molar refractivity (Wildman–Crippen MR) is 56.9 cm³/mol. The van der Waals surface area contributed by atoms with Crippen LogP contribution < -0.4 is 0 Å². The smallest absolute Gasteiger partial charge is 0.338 e. The quantitative estimate of drug-likeness (QED) is 0.755. The summed E-state index contributed by atoms with van der Waals surface area (Å²) in [5, 5.41) is 9.03. The van der Waals surface area contributed by atoms with Crippen LogP contribution in [0.1, 0.15) is 10.4 Å². The summed E-state index contributed by atoms with van der Waals surface area (Å²) in [6.45, 7) is 1.07. The second-order valence-corrected chi connectivity index (χ2v) is 3.49. The van der Waals surface area contributed by atoms with E-state index in [0.717, 1.165) is 0 Å². The number of likely N-dealkylation sites (N-methyl/N-ethyl adjacent to an activating group) is 1. The Bertz CT molecular complexity index is 319. The van der Waals surface area contributed by atoms with Crippen LogP contribution >= 0.6 is 0 Å². The molecule has 0 bridgehead atoms. The van der Waals surface area contributed by atoms with E-state index in [9.17, 15) is 4.79 Å². The molecule has 4 nitrogen and oxygen atoms in total. The molecule has 15 heavy (non-hydrogen) atoms. The molecule has 0 spiro atoms. The first kappa shape index (κ1) is 11.5. The highest BCUT2D eigenvalue weighted by Gasteiger charge is 2.06. The highest BCUT2D eigenvalue weighted by atomic mass is 16.5. The van der Waals surface area contributed by atoms with Crippen LogP contribution in [0.2, 0.25) is 0 Å². The molecule has 0 amide bonds. The fourth-order valence-corrected chi connectivity index (χ4v) is 1.00. The molecule has 0 heterocycles. The molecule has 4 heteroatoms. The van der Waals surface area contributed by atoms with E-state index >= 15 is 0 Å². The Kier molecular flexibility index (Phi) is 4.12. The van der Waals surface area contributed by atoms with Crippen LogP contribution in [0, 0.1) is 0 Å². The van der Waals surface area contributed by atoms with E-state index in [1.54, 1.807) is 0 Å². The monoisotopic (exact) mass is 209 g/mol. The third-order valence-corrected chi connectivity index (χ3v) is 1.87. The fraction of sp³-hybridized carbons (Fsp3) is 0.364. The number of phenols is 1. The van der Waals surface area contributed by atoms with E-state index in [1.807, 2.05) is 19.0 Å². The summed E-state index contributed by atoms with van der Waals surface area (Å²) in [6.07, 6.45) is 0. The summed E-state index contributed by atoms with van der Waals surface area (Å²) < 4.78 is 5.02. The number of nitrogens with zero attached hydrogens (tertiary/aromatic N) is 1. The van der Waals surface area contributed by atoms with E-state index in [2.05, 4.69) is 0 Å². The van der Waals surface area contributed by atoms with Crippen molar-refractivity contribution in [2.45, 2.75) is 0 Å². The van der Waals surface area contributed by atoms with Crippen LogP contribution in [0.25, 0.3) is 0 Å². The molecule has 0 saturated carbocycles. The van der Waals surface area contributed by atoms with Crippen LogP contribution in [0.15, 0.2) is 24.3 Å². The summed E-state index contributed by atoms with van der Waals surface area (Å²) in [4.78, 5) is 13.3. The molecule has 0 atom stereocenters. The van der Waals surface area contributed by atoms with Crippen molar-refractivity contribution in [3.05, 3.63) is 29.8 Å². The van der Waals surface area contributed by atoms with Crippen molar-refractivity contribution in [1.82, 2.24) is 4.90 Å². The zero-order chi connectivity index (χ0) is 11.3. The second-order valence-electron chi connectivity index (χ2n) is 3.49. The van der Waals surface area contributed by atoms with Crippen molar-refractivity contribution in [3.8, 4) is 5.75 Å². The molecule has 1 aromatic carbocycles. The Morgan fingerprint density at radius 3 is 2.47 bits per heavy atom. The second kappa shape index (κ2) is 5.36. The van der Waals surface area contributed by atoms with Crippen LogP contribution in [0.5, 0.6) is 5.75 Å². The van der Waals surface area contributed by atoms with Crippen molar-refractivity contribution in [2.75, 3.05) is 27.2 Å². The average molecular weight is 209 g/mol. The minimum Gasteiger partial charge on any atom is -0.508 e. The number of carbonyl (C=O) groups excluding carboxylic acids is 1. The number of aromatic hydroxyl groups is 1. The Labute approximate surface area is 89.1 Å². The van der Waals surface area contributed by atoms with E-state index in [0.29, 0.717) is 18.7 Å². The van der Waals surface area contributed by atoms with Gasteiger partial charge in [0.05, 0.1) is 5.56 Å². The van der Waals surface area contributed by atoms with Crippen molar-refractivity contribution >= 4 is 5.97 Å². The maximum absolute atomic E-state index is 11.4. The Morgan fingerprint density at radius 1 is 1.33 bits per heavy atom. The highest BCUT2D eigenvalue weighted by Crippen LogP contribution is 2.10. The largest absolute Gasteiger partial charge is 0.508 e. The van der Waals surface area contributed by atoms with Gasteiger partial charge < -0.3 is 14.7 Å². The zero-order valence-corrected chi connectivity index (χ0v) is 8.93. The van der Waals surface area contributed by atoms with Gasteiger partial charge in [-0.2, -0.15) is 0 Å². The molecule has 1 aromatic rings.